The van der Waals surface area contributed by atoms with Gasteiger partial charge in [0.2, 0.25) is 0 Å². The van der Waals surface area contributed by atoms with E-state index in [-0.39, 0.29) is 0 Å². The van der Waals surface area contributed by atoms with E-state index >= 15 is 0 Å². The van der Waals surface area contributed by atoms with Gasteiger partial charge in [0.25, 0.3) is 0 Å². The summed E-state index contributed by atoms with van der Waals surface area (Å²) in [6, 6.07) is 10.7. The molecule has 0 saturated carbocycles. The summed E-state index contributed by atoms with van der Waals surface area (Å²) in [5.74, 6) is 0. The molecule has 2 heterocycles. The first-order valence-electron chi connectivity index (χ1n) is 7.52. The van der Waals surface area contributed by atoms with Crippen LogP contribution in [0.3, 0.4) is 0 Å². The molecule has 3 rings (SSSR count). The second-order valence-corrected chi connectivity index (χ2v) is 5.94. The molecule has 0 amide bonds. The Bertz CT molecular complexity index is 774. The highest BCUT2D eigenvalue weighted by Gasteiger charge is 2.04. The summed E-state index contributed by atoms with van der Waals surface area (Å²) in [6.45, 7) is 3.94. The number of nitrogens with one attached hydrogen (secondary N) is 2. The zero-order valence-corrected chi connectivity index (χ0v) is 13.4. The van der Waals surface area contributed by atoms with E-state index in [9.17, 15) is 0 Å². The van der Waals surface area contributed by atoms with Gasteiger partial charge in [0.15, 0.2) is 0 Å². The Morgan fingerprint density at radius 2 is 2.00 bits per heavy atom. The van der Waals surface area contributed by atoms with Gasteiger partial charge in [0.05, 0.1) is 0 Å². The Balaban J connectivity index is 1.74. The molecule has 0 fully saturated rings. The van der Waals surface area contributed by atoms with Crippen LogP contribution in [-0.2, 0) is 13.1 Å². The van der Waals surface area contributed by atoms with Crippen molar-refractivity contribution in [2.45, 2.75) is 20.0 Å². The van der Waals surface area contributed by atoms with E-state index in [2.05, 4.69) is 71.5 Å². The second-order valence-electron chi connectivity index (χ2n) is 5.94. The van der Waals surface area contributed by atoms with Gasteiger partial charge < -0.3 is 15.2 Å². The molecule has 0 spiro atoms. The summed E-state index contributed by atoms with van der Waals surface area (Å²) in [5, 5.41) is 4.69. The van der Waals surface area contributed by atoms with Crippen LogP contribution in [0.5, 0.6) is 0 Å². The lowest BCUT2D eigenvalue weighted by atomic mass is 10.1. The average Bonchev–Trinajstić information content (AvgIpc) is 2.96. The molecule has 0 aliphatic heterocycles. The third kappa shape index (κ3) is 3.12. The molecule has 2 aromatic heterocycles. The Kier molecular flexibility index (Phi) is 4.11. The average molecular weight is 294 g/mol. The summed E-state index contributed by atoms with van der Waals surface area (Å²) < 4.78 is 0. The normalized spacial score (nSPS) is 11.3. The van der Waals surface area contributed by atoms with Crippen LogP contribution < -0.4 is 5.32 Å². The van der Waals surface area contributed by atoms with Crippen molar-refractivity contribution >= 4 is 16.7 Å². The fraction of sp³-hybridized carbons (Fsp3) is 0.278. The van der Waals surface area contributed by atoms with Crippen molar-refractivity contribution in [3.05, 3.63) is 59.4 Å². The molecule has 4 heteroatoms. The maximum Gasteiger partial charge on any atom is 0.137 e. The Labute approximate surface area is 131 Å². The van der Waals surface area contributed by atoms with Gasteiger partial charge in [-0.05, 0) is 62.0 Å². The van der Waals surface area contributed by atoms with Crippen molar-refractivity contribution in [2.24, 2.45) is 0 Å². The minimum Gasteiger partial charge on any atom is -0.381 e. The number of hydrogen-bond acceptors (Lipinski definition) is 3. The number of fused-ring (bicyclic) bond motifs is 1. The lowest BCUT2D eigenvalue weighted by Gasteiger charge is -2.14. The van der Waals surface area contributed by atoms with Gasteiger partial charge in [0.1, 0.15) is 5.65 Å². The van der Waals surface area contributed by atoms with Gasteiger partial charge in [-0.25, -0.2) is 4.98 Å². The van der Waals surface area contributed by atoms with Crippen molar-refractivity contribution in [3.8, 4) is 0 Å². The second kappa shape index (κ2) is 6.20. The lowest BCUT2D eigenvalue weighted by Crippen LogP contribution is -2.11. The summed E-state index contributed by atoms with van der Waals surface area (Å²) >= 11 is 0. The monoisotopic (exact) mass is 294 g/mol. The van der Waals surface area contributed by atoms with Crippen LogP contribution in [0.1, 0.15) is 16.7 Å². The van der Waals surface area contributed by atoms with Crippen LogP contribution in [0, 0.1) is 6.92 Å². The number of aromatic nitrogens is 2. The van der Waals surface area contributed by atoms with Crippen LogP contribution in [0.25, 0.3) is 11.0 Å². The third-order valence-corrected chi connectivity index (χ3v) is 3.86. The summed E-state index contributed by atoms with van der Waals surface area (Å²) in [7, 11) is 4.19. The van der Waals surface area contributed by atoms with Crippen molar-refractivity contribution in [3.63, 3.8) is 0 Å². The van der Waals surface area contributed by atoms with Crippen molar-refractivity contribution in [2.75, 3.05) is 19.4 Å². The molecule has 0 bridgehead atoms. The summed E-state index contributed by atoms with van der Waals surface area (Å²) in [4.78, 5) is 9.66. The quantitative estimate of drug-likeness (QED) is 0.756. The first-order chi connectivity index (χ1) is 10.6. The van der Waals surface area contributed by atoms with Crippen LogP contribution in [0.4, 0.5) is 5.69 Å². The van der Waals surface area contributed by atoms with Gasteiger partial charge in [-0.2, -0.15) is 0 Å². The van der Waals surface area contributed by atoms with E-state index < -0.39 is 0 Å². The molecule has 0 aliphatic rings. The van der Waals surface area contributed by atoms with Gasteiger partial charge in [-0.3, -0.25) is 0 Å². The SMILES string of the molecule is Cc1cc(NCc2ccnc3[nH]ccc23)ccc1CN(C)C. The number of benzene rings is 1. The minimum atomic E-state index is 0.795. The standard InChI is InChI=1S/C18H22N4/c1-13-10-16(5-4-15(13)12-22(2)3)21-11-14-6-8-19-18-17(14)7-9-20-18/h4-10,21H,11-12H2,1-3H3,(H,19,20). The lowest BCUT2D eigenvalue weighted by molar-refractivity contribution is 0.401. The number of aryl methyl sites for hydroxylation is 1. The molecule has 0 radical (unpaired) electrons. The van der Waals surface area contributed by atoms with Gasteiger partial charge in [0, 0.05) is 36.6 Å². The molecule has 114 valence electrons. The molecule has 0 unspecified atom stereocenters. The van der Waals surface area contributed by atoms with E-state index in [0.717, 1.165) is 24.4 Å². The van der Waals surface area contributed by atoms with Crippen LogP contribution >= 0.6 is 0 Å². The maximum atomic E-state index is 4.32. The number of hydrogen-bond donors (Lipinski definition) is 2. The number of pyridine rings is 1. The molecule has 3 aromatic rings. The fourth-order valence-electron chi connectivity index (χ4n) is 2.69. The van der Waals surface area contributed by atoms with Crippen LogP contribution in [-0.4, -0.2) is 29.0 Å². The highest BCUT2D eigenvalue weighted by Crippen LogP contribution is 2.19. The van der Waals surface area contributed by atoms with Gasteiger partial charge >= 0.3 is 0 Å². The minimum absolute atomic E-state index is 0.795. The summed E-state index contributed by atoms with van der Waals surface area (Å²) in [6.07, 6.45) is 3.78. The zero-order chi connectivity index (χ0) is 15.5. The molecular weight excluding hydrogens is 272 g/mol. The number of nitrogens with zero attached hydrogens (tertiary/aromatic N) is 2. The molecule has 4 nitrogen and oxygen atoms in total. The predicted molar refractivity (Wildman–Crippen MR) is 92.0 cm³/mol. The molecular formula is C18H22N4. The zero-order valence-electron chi connectivity index (χ0n) is 13.4. The van der Waals surface area contributed by atoms with Crippen LogP contribution in [0.15, 0.2) is 42.7 Å². The maximum absolute atomic E-state index is 4.32. The topological polar surface area (TPSA) is 44.0 Å². The first-order valence-corrected chi connectivity index (χ1v) is 7.52. The van der Waals surface area contributed by atoms with Crippen molar-refractivity contribution < 1.29 is 0 Å². The van der Waals surface area contributed by atoms with Gasteiger partial charge in [-0.15, -0.1) is 0 Å². The van der Waals surface area contributed by atoms with E-state index in [1.165, 1.54) is 22.1 Å². The van der Waals surface area contributed by atoms with E-state index in [1.807, 2.05) is 12.4 Å². The molecule has 2 N–H and O–H groups in total. The summed E-state index contributed by atoms with van der Waals surface area (Å²) in [5.41, 5.74) is 6.03. The third-order valence-electron chi connectivity index (χ3n) is 3.86. The Hall–Kier alpha value is -2.33. The Morgan fingerprint density at radius 3 is 2.77 bits per heavy atom. The molecule has 22 heavy (non-hydrogen) atoms. The van der Waals surface area contributed by atoms with Crippen LogP contribution in [0.2, 0.25) is 0 Å². The van der Waals surface area contributed by atoms with E-state index in [1.54, 1.807) is 0 Å². The van der Waals surface area contributed by atoms with E-state index in [0.29, 0.717) is 0 Å². The van der Waals surface area contributed by atoms with Crippen molar-refractivity contribution in [1.82, 2.24) is 14.9 Å². The molecule has 0 saturated heterocycles. The van der Waals surface area contributed by atoms with Gasteiger partial charge in [-0.1, -0.05) is 6.07 Å². The number of anilines is 1. The smallest absolute Gasteiger partial charge is 0.137 e. The molecule has 0 aliphatic carbocycles. The number of H-pyrrole nitrogens is 1. The molecule has 1 aromatic carbocycles. The number of rotatable bonds is 5. The predicted octanol–water partition coefficient (Wildman–Crippen LogP) is 3.55. The highest BCUT2D eigenvalue weighted by atomic mass is 15.0. The van der Waals surface area contributed by atoms with Crippen molar-refractivity contribution in [1.29, 1.82) is 0 Å². The number of aromatic amines is 1. The fourth-order valence-corrected chi connectivity index (χ4v) is 2.69. The highest BCUT2D eigenvalue weighted by molar-refractivity contribution is 5.79. The molecule has 0 atom stereocenters. The Morgan fingerprint density at radius 1 is 1.14 bits per heavy atom. The van der Waals surface area contributed by atoms with E-state index in [4.69, 9.17) is 0 Å². The first kappa shape index (κ1) is 14.6. The largest absolute Gasteiger partial charge is 0.381 e.